The van der Waals surface area contributed by atoms with Gasteiger partial charge < -0.3 is 5.32 Å². The van der Waals surface area contributed by atoms with Crippen LogP contribution in [0.2, 0.25) is 0 Å². The molecule has 0 aliphatic heterocycles. The fourth-order valence-electron chi connectivity index (χ4n) is 1.69. The average Bonchev–Trinajstić information content (AvgIpc) is 2.28. The van der Waals surface area contributed by atoms with Gasteiger partial charge in [-0.15, -0.1) is 0 Å². The van der Waals surface area contributed by atoms with Gasteiger partial charge in [-0.25, -0.2) is 0 Å². The predicted molar refractivity (Wildman–Crippen MR) is 73.1 cm³/mol. The number of rotatable bonds is 5. The fraction of sp³-hybridized carbons (Fsp3) is 0.417. The standard InChI is InChI=1S/C12H16N2O3S/c1-8-5-4-6-10(14(16)17)11(8)12(15)13-9(2)7-18-3/h4-6,9H,7H2,1-3H3,(H,13,15)/t9-/m0/s1. The van der Waals surface area contributed by atoms with Crippen molar-refractivity contribution in [2.75, 3.05) is 12.0 Å². The molecule has 0 aliphatic rings. The number of aryl methyl sites for hydroxylation is 1. The molecule has 1 rings (SSSR count). The Hall–Kier alpha value is -1.56. The zero-order chi connectivity index (χ0) is 13.7. The van der Waals surface area contributed by atoms with Crippen molar-refractivity contribution < 1.29 is 9.72 Å². The number of hydrogen-bond donors (Lipinski definition) is 1. The topological polar surface area (TPSA) is 72.2 Å². The second kappa shape index (κ2) is 6.39. The Labute approximate surface area is 110 Å². The largest absolute Gasteiger partial charge is 0.349 e. The summed E-state index contributed by atoms with van der Waals surface area (Å²) in [6, 6.07) is 4.60. The van der Waals surface area contributed by atoms with Crippen LogP contribution >= 0.6 is 11.8 Å². The number of thioether (sulfide) groups is 1. The molecule has 0 radical (unpaired) electrons. The molecule has 1 aromatic rings. The third-order valence-corrected chi connectivity index (χ3v) is 3.30. The maximum atomic E-state index is 12.1. The van der Waals surface area contributed by atoms with Gasteiger partial charge in [0.25, 0.3) is 11.6 Å². The van der Waals surface area contributed by atoms with Crippen molar-refractivity contribution >= 4 is 23.4 Å². The van der Waals surface area contributed by atoms with Crippen LogP contribution in [0.5, 0.6) is 0 Å². The van der Waals surface area contributed by atoms with Gasteiger partial charge in [-0.1, -0.05) is 12.1 Å². The van der Waals surface area contributed by atoms with Crippen LogP contribution in [0.15, 0.2) is 18.2 Å². The van der Waals surface area contributed by atoms with Gasteiger partial charge in [0.1, 0.15) is 5.56 Å². The first-order valence-electron chi connectivity index (χ1n) is 5.51. The Balaban J connectivity index is 3.01. The maximum absolute atomic E-state index is 12.1. The van der Waals surface area contributed by atoms with Gasteiger partial charge in [0.2, 0.25) is 0 Å². The van der Waals surface area contributed by atoms with Gasteiger partial charge in [-0.05, 0) is 25.7 Å². The summed E-state index contributed by atoms with van der Waals surface area (Å²) < 4.78 is 0. The van der Waals surface area contributed by atoms with Crippen LogP contribution < -0.4 is 5.32 Å². The van der Waals surface area contributed by atoms with E-state index in [1.807, 2.05) is 13.2 Å². The van der Waals surface area contributed by atoms with Crippen LogP contribution in [0.3, 0.4) is 0 Å². The fourth-order valence-corrected chi connectivity index (χ4v) is 2.27. The Morgan fingerprint density at radius 3 is 2.78 bits per heavy atom. The smallest absolute Gasteiger partial charge is 0.282 e. The summed E-state index contributed by atoms with van der Waals surface area (Å²) in [5.74, 6) is 0.382. The van der Waals surface area contributed by atoms with Crippen molar-refractivity contribution in [1.82, 2.24) is 5.32 Å². The van der Waals surface area contributed by atoms with Crippen molar-refractivity contribution in [2.45, 2.75) is 19.9 Å². The lowest BCUT2D eigenvalue weighted by Crippen LogP contribution is -2.35. The SMILES string of the molecule is CSC[C@H](C)NC(=O)c1c(C)cccc1[N+](=O)[O-]. The van der Waals surface area contributed by atoms with Gasteiger partial charge >= 0.3 is 0 Å². The number of carbonyl (C=O) groups excluding carboxylic acids is 1. The molecule has 0 aliphatic carbocycles. The van der Waals surface area contributed by atoms with Gasteiger partial charge in [-0.2, -0.15) is 11.8 Å². The predicted octanol–water partition coefficient (Wildman–Crippen LogP) is 2.38. The molecular formula is C12H16N2O3S. The molecule has 1 aromatic carbocycles. The molecule has 0 spiro atoms. The maximum Gasteiger partial charge on any atom is 0.282 e. The highest BCUT2D eigenvalue weighted by molar-refractivity contribution is 7.98. The van der Waals surface area contributed by atoms with E-state index in [0.717, 1.165) is 5.75 Å². The Morgan fingerprint density at radius 1 is 1.56 bits per heavy atom. The minimum Gasteiger partial charge on any atom is -0.349 e. The summed E-state index contributed by atoms with van der Waals surface area (Å²) in [7, 11) is 0. The van der Waals surface area contributed by atoms with Crippen LogP contribution in [0.4, 0.5) is 5.69 Å². The molecule has 0 saturated carbocycles. The van der Waals surface area contributed by atoms with E-state index in [4.69, 9.17) is 0 Å². The average molecular weight is 268 g/mol. The number of nitrogens with zero attached hydrogens (tertiary/aromatic N) is 1. The lowest BCUT2D eigenvalue weighted by atomic mass is 10.1. The molecule has 0 heterocycles. The first-order valence-corrected chi connectivity index (χ1v) is 6.90. The molecule has 0 bridgehead atoms. The first kappa shape index (κ1) is 14.5. The zero-order valence-corrected chi connectivity index (χ0v) is 11.4. The molecule has 1 amide bonds. The molecule has 0 fully saturated rings. The van der Waals surface area contributed by atoms with E-state index in [9.17, 15) is 14.9 Å². The first-order chi connectivity index (χ1) is 8.47. The van der Waals surface area contributed by atoms with Crippen molar-refractivity contribution in [3.05, 3.63) is 39.4 Å². The number of carbonyl (C=O) groups is 1. The Bertz CT molecular complexity index is 463. The number of hydrogen-bond acceptors (Lipinski definition) is 4. The molecule has 0 aromatic heterocycles. The van der Waals surface area contributed by atoms with E-state index in [0.29, 0.717) is 5.56 Å². The van der Waals surface area contributed by atoms with Crippen molar-refractivity contribution in [3.63, 3.8) is 0 Å². The van der Waals surface area contributed by atoms with E-state index in [2.05, 4.69) is 5.32 Å². The highest BCUT2D eigenvalue weighted by Crippen LogP contribution is 2.21. The quantitative estimate of drug-likeness (QED) is 0.657. The molecule has 1 N–H and O–H groups in total. The lowest BCUT2D eigenvalue weighted by Gasteiger charge is -2.13. The summed E-state index contributed by atoms with van der Waals surface area (Å²) in [5.41, 5.74) is 0.609. The van der Waals surface area contributed by atoms with Gasteiger partial charge in [0, 0.05) is 17.9 Å². The summed E-state index contributed by atoms with van der Waals surface area (Å²) in [5, 5.41) is 13.7. The monoisotopic (exact) mass is 268 g/mol. The zero-order valence-electron chi connectivity index (χ0n) is 10.6. The highest BCUT2D eigenvalue weighted by atomic mass is 32.2. The molecule has 5 nitrogen and oxygen atoms in total. The molecule has 0 saturated heterocycles. The molecule has 6 heteroatoms. The number of nitro benzene ring substituents is 1. The van der Waals surface area contributed by atoms with Crippen LogP contribution in [0, 0.1) is 17.0 Å². The Kier molecular flexibility index (Phi) is 5.15. The van der Waals surface area contributed by atoms with Crippen molar-refractivity contribution in [1.29, 1.82) is 0 Å². The second-order valence-electron chi connectivity index (χ2n) is 4.06. The summed E-state index contributed by atoms with van der Waals surface area (Å²) >= 11 is 1.61. The summed E-state index contributed by atoms with van der Waals surface area (Å²) in [6.07, 6.45) is 1.94. The number of amides is 1. The minimum atomic E-state index is -0.527. The minimum absolute atomic E-state index is 0.0216. The lowest BCUT2D eigenvalue weighted by molar-refractivity contribution is -0.385. The highest BCUT2D eigenvalue weighted by Gasteiger charge is 2.22. The number of nitro groups is 1. The van der Waals surface area contributed by atoms with E-state index >= 15 is 0 Å². The van der Waals surface area contributed by atoms with Crippen molar-refractivity contribution in [2.24, 2.45) is 0 Å². The molecular weight excluding hydrogens is 252 g/mol. The number of nitrogens with one attached hydrogen (secondary N) is 1. The molecule has 1 atom stereocenters. The number of benzene rings is 1. The van der Waals surface area contributed by atoms with E-state index in [-0.39, 0.29) is 23.2 Å². The molecule has 98 valence electrons. The summed E-state index contributed by atoms with van der Waals surface area (Å²) in [6.45, 7) is 3.57. The van der Waals surface area contributed by atoms with E-state index < -0.39 is 4.92 Å². The van der Waals surface area contributed by atoms with Crippen LogP contribution in [0.25, 0.3) is 0 Å². The molecule has 18 heavy (non-hydrogen) atoms. The van der Waals surface area contributed by atoms with Crippen molar-refractivity contribution in [3.8, 4) is 0 Å². The second-order valence-corrected chi connectivity index (χ2v) is 4.97. The summed E-state index contributed by atoms with van der Waals surface area (Å²) in [4.78, 5) is 22.4. The molecule has 0 unspecified atom stereocenters. The third kappa shape index (κ3) is 3.46. The normalized spacial score (nSPS) is 11.9. The van der Waals surface area contributed by atoms with Crippen LogP contribution in [0.1, 0.15) is 22.8 Å². The van der Waals surface area contributed by atoms with Crippen LogP contribution in [-0.4, -0.2) is 28.9 Å². The van der Waals surface area contributed by atoms with Gasteiger partial charge in [0.15, 0.2) is 0 Å². The Morgan fingerprint density at radius 2 is 2.22 bits per heavy atom. The third-order valence-electron chi connectivity index (χ3n) is 2.47. The van der Waals surface area contributed by atoms with E-state index in [1.54, 1.807) is 30.8 Å². The van der Waals surface area contributed by atoms with E-state index in [1.165, 1.54) is 6.07 Å². The van der Waals surface area contributed by atoms with Crippen LogP contribution in [-0.2, 0) is 0 Å². The van der Waals surface area contributed by atoms with Gasteiger partial charge in [-0.3, -0.25) is 14.9 Å². The van der Waals surface area contributed by atoms with Gasteiger partial charge in [0.05, 0.1) is 4.92 Å².